The van der Waals surface area contributed by atoms with Gasteiger partial charge in [0.1, 0.15) is 5.75 Å². The number of nitrogens with zero attached hydrogens (tertiary/aromatic N) is 2. The van der Waals surface area contributed by atoms with Gasteiger partial charge in [0.25, 0.3) is 0 Å². The lowest BCUT2D eigenvalue weighted by molar-refractivity contribution is -0.119. The van der Waals surface area contributed by atoms with E-state index < -0.39 is 0 Å². The Balaban J connectivity index is 2.37. The Hall–Kier alpha value is -2.02. The van der Waals surface area contributed by atoms with E-state index >= 15 is 0 Å². The first-order valence-corrected chi connectivity index (χ1v) is 5.65. The number of nitriles is 1. The Labute approximate surface area is 100 Å². The highest BCUT2D eigenvalue weighted by molar-refractivity contribution is 5.95. The number of methoxy groups -OCH3 is 1. The van der Waals surface area contributed by atoms with Gasteiger partial charge in [-0.2, -0.15) is 5.26 Å². The molecule has 0 atom stereocenters. The highest BCUT2D eigenvalue weighted by Crippen LogP contribution is 2.31. The highest BCUT2D eigenvalue weighted by Gasteiger charge is 2.22. The van der Waals surface area contributed by atoms with Crippen molar-refractivity contribution in [2.24, 2.45) is 0 Å². The molecule has 0 radical (unpaired) electrons. The van der Waals surface area contributed by atoms with Crippen LogP contribution in [0.15, 0.2) is 18.2 Å². The second-order valence-corrected chi connectivity index (χ2v) is 4.00. The zero-order chi connectivity index (χ0) is 12.3. The average Bonchev–Trinajstić information content (AvgIpc) is 2.38. The second-order valence-electron chi connectivity index (χ2n) is 4.00. The van der Waals surface area contributed by atoms with Crippen LogP contribution in [0, 0.1) is 11.3 Å². The molecule has 17 heavy (non-hydrogen) atoms. The molecular weight excluding hydrogens is 216 g/mol. The van der Waals surface area contributed by atoms with Gasteiger partial charge < -0.3 is 9.64 Å². The molecule has 0 saturated carbocycles. The minimum atomic E-state index is 0.124. The van der Waals surface area contributed by atoms with Crippen LogP contribution in [-0.2, 0) is 4.79 Å². The minimum absolute atomic E-state index is 0.124. The van der Waals surface area contributed by atoms with Gasteiger partial charge in [-0.05, 0) is 25.0 Å². The molecule has 0 aliphatic carbocycles. The number of piperidine rings is 1. The summed E-state index contributed by atoms with van der Waals surface area (Å²) in [4.78, 5) is 13.6. The number of carbonyl (C=O) groups is 1. The molecule has 1 fully saturated rings. The van der Waals surface area contributed by atoms with E-state index in [4.69, 9.17) is 10.00 Å². The van der Waals surface area contributed by atoms with Crippen molar-refractivity contribution in [1.82, 2.24) is 0 Å². The third-order valence-corrected chi connectivity index (χ3v) is 2.92. The van der Waals surface area contributed by atoms with Gasteiger partial charge in [0, 0.05) is 19.0 Å². The molecule has 4 heteroatoms. The number of hydrogen-bond acceptors (Lipinski definition) is 3. The van der Waals surface area contributed by atoms with E-state index in [9.17, 15) is 4.79 Å². The monoisotopic (exact) mass is 230 g/mol. The molecule has 1 aromatic rings. The second kappa shape index (κ2) is 4.88. The van der Waals surface area contributed by atoms with E-state index in [1.807, 2.05) is 0 Å². The number of rotatable bonds is 2. The third kappa shape index (κ3) is 2.23. The van der Waals surface area contributed by atoms with Crippen molar-refractivity contribution in [2.45, 2.75) is 19.3 Å². The molecule has 88 valence electrons. The van der Waals surface area contributed by atoms with Crippen LogP contribution in [0.25, 0.3) is 0 Å². The number of amides is 1. The molecule has 0 unspecified atom stereocenters. The third-order valence-electron chi connectivity index (χ3n) is 2.92. The standard InChI is InChI=1S/C13H14N2O2/c1-17-12-8-10(9-14)5-6-11(12)15-7-3-2-4-13(15)16/h5-6,8H,2-4,7H2,1H3. The fraction of sp³-hybridized carbons (Fsp3) is 0.385. The number of carbonyl (C=O) groups excluding carboxylic acids is 1. The molecule has 0 aromatic heterocycles. The van der Waals surface area contributed by atoms with E-state index in [1.54, 1.807) is 30.2 Å². The molecule has 1 aliphatic heterocycles. The van der Waals surface area contributed by atoms with Crippen molar-refractivity contribution < 1.29 is 9.53 Å². The van der Waals surface area contributed by atoms with Crippen molar-refractivity contribution in [3.05, 3.63) is 23.8 Å². The summed E-state index contributed by atoms with van der Waals surface area (Å²) in [5.74, 6) is 0.707. The fourth-order valence-corrected chi connectivity index (χ4v) is 2.03. The molecule has 0 spiro atoms. The molecule has 4 nitrogen and oxygen atoms in total. The van der Waals surface area contributed by atoms with E-state index in [0.29, 0.717) is 17.7 Å². The molecular formula is C13H14N2O2. The molecule has 1 heterocycles. The Bertz CT molecular complexity index is 477. The van der Waals surface area contributed by atoms with E-state index in [2.05, 4.69) is 6.07 Å². The van der Waals surface area contributed by atoms with Crippen LogP contribution in [-0.4, -0.2) is 19.6 Å². The molecule has 2 rings (SSSR count). The van der Waals surface area contributed by atoms with Gasteiger partial charge in [0.2, 0.25) is 5.91 Å². The van der Waals surface area contributed by atoms with Gasteiger partial charge in [0.05, 0.1) is 24.4 Å². The van der Waals surface area contributed by atoms with Crippen molar-refractivity contribution >= 4 is 11.6 Å². The number of benzene rings is 1. The van der Waals surface area contributed by atoms with Crippen molar-refractivity contribution in [2.75, 3.05) is 18.6 Å². The topological polar surface area (TPSA) is 53.3 Å². The van der Waals surface area contributed by atoms with Crippen molar-refractivity contribution in [1.29, 1.82) is 5.26 Å². The Kier molecular flexibility index (Phi) is 3.29. The molecule has 0 bridgehead atoms. The van der Waals surface area contributed by atoms with Crippen LogP contribution in [0.1, 0.15) is 24.8 Å². The van der Waals surface area contributed by atoms with E-state index in [-0.39, 0.29) is 5.91 Å². The fourth-order valence-electron chi connectivity index (χ4n) is 2.03. The lowest BCUT2D eigenvalue weighted by Gasteiger charge is -2.28. The number of ether oxygens (including phenoxy) is 1. The Morgan fingerprint density at radius 2 is 2.24 bits per heavy atom. The van der Waals surface area contributed by atoms with Crippen LogP contribution < -0.4 is 9.64 Å². The molecule has 1 aromatic carbocycles. The summed E-state index contributed by atoms with van der Waals surface area (Å²) < 4.78 is 5.24. The normalized spacial score (nSPS) is 15.5. The maximum atomic E-state index is 11.8. The Morgan fingerprint density at radius 3 is 2.88 bits per heavy atom. The number of anilines is 1. The first-order chi connectivity index (χ1) is 8.26. The van der Waals surface area contributed by atoms with Gasteiger partial charge in [-0.1, -0.05) is 0 Å². The highest BCUT2D eigenvalue weighted by atomic mass is 16.5. The van der Waals surface area contributed by atoms with Gasteiger partial charge >= 0.3 is 0 Å². The zero-order valence-electron chi connectivity index (χ0n) is 9.77. The largest absolute Gasteiger partial charge is 0.495 e. The van der Waals surface area contributed by atoms with Crippen LogP contribution in [0.3, 0.4) is 0 Å². The van der Waals surface area contributed by atoms with Crippen molar-refractivity contribution in [3.8, 4) is 11.8 Å². The molecule has 1 amide bonds. The van der Waals surface area contributed by atoms with Crippen LogP contribution in [0.5, 0.6) is 5.75 Å². The van der Waals surface area contributed by atoms with E-state index in [1.165, 1.54) is 0 Å². The van der Waals surface area contributed by atoms with Gasteiger partial charge in [0.15, 0.2) is 0 Å². The average molecular weight is 230 g/mol. The van der Waals surface area contributed by atoms with Crippen LogP contribution >= 0.6 is 0 Å². The predicted molar refractivity (Wildman–Crippen MR) is 63.9 cm³/mol. The van der Waals surface area contributed by atoms with Gasteiger partial charge in [-0.25, -0.2) is 0 Å². The minimum Gasteiger partial charge on any atom is -0.495 e. The van der Waals surface area contributed by atoms with Crippen molar-refractivity contribution in [3.63, 3.8) is 0 Å². The lowest BCUT2D eigenvalue weighted by Crippen LogP contribution is -2.35. The first-order valence-electron chi connectivity index (χ1n) is 5.65. The quantitative estimate of drug-likeness (QED) is 0.781. The summed E-state index contributed by atoms with van der Waals surface area (Å²) in [6.45, 7) is 0.723. The van der Waals surface area contributed by atoms with E-state index in [0.717, 1.165) is 25.1 Å². The maximum Gasteiger partial charge on any atom is 0.227 e. The molecule has 1 aliphatic rings. The molecule has 0 N–H and O–H groups in total. The smallest absolute Gasteiger partial charge is 0.227 e. The van der Waals surface area contributed by atoms with Crippen LogP contribution in [0.2, 0.25) is 0 Å². The summed E-state index contributed by atoms with van der Waals surface area (Å²) in [6, 6.07) is 7.21. The summed E-state index contributed by atoms with van der Waals surface area (Å²) in [5.41, 5.74) is 1.30. The molecule has 1 saturated heterocycles. The van der Waals surface area contributed by atoms with Crippen LogP contribution in [0.4, 0.5) is 5.69 Å². The lowest BCUT2D eigenvalue weighted by atomic mass is 10.1. The summed E-state index contributed by atoms with van der Waals surface area (Å²) in [7, 11) is 1.55. The maximum absolute atomic E-state index is 11.8. The SMILES string of the molecule is COc1cc(C#N)ccc1N1CCCCC1=O. The van der Waals surface area contributed by atoms with Gasteiger partial charge in [-0.3, -0.25) is 4.79 Å². The first kappa shape index (κ1) is 11.5. The predicted octanol–water partition coefficient (Wildman–Crippen LogP) is 2.08. The summed E-state index contributed by atoms with van der Waals surface area (Å²) >= 11 is 0. The number of hydrogen-bond donors (Lipinski definition) is 0. The van der Waals surface area contributed by atoms with Gasteiger partial charge in [-0.15, -0.1) is 0 Å². The summed E-state index contributed by atoms with van der Waals surface area (Å²) in [5, 5.41) is 8.82. The zero-order valence-corrected chi connectivity index (χ0v) is 9.77. The summed E-state index contributed by atoms with van der Waals surface area (Å²) in [6.07, 6.45) is 2.55. The Morgan fingerprint density at radius 1 is 1.41 bits per heavy atom.